The number of ether oxygens (including phenoxy) is 3. The molecule has 0 unspecified atom stereocenters. The second-order valence-electron chi connectivity index (χ2n) is 5.38. The molecule has 1 aromatic heterocycles. The van der Waals surface area contributed by atoms with Crippen molar-refractivity contribution in [2.45, 2.75) is 6.92 Å². The van der Waals surface area contributed by atoms with Crippen molar-refractivity contribution in [3.8, 4) is 17.2 Å². The first kappa shape index (κ1) is 17.5. The van der Waals surface area contributed by atoms with Crippen molar-refractivity contribution in [1.82, 2.24) is 9.55 Å². The molecule has 3 rings (SSSR count). The van der Waals surface area contributed by atoms with Crippen molar-refractivity contribution in [1.29, 1.82) is 0 Å². The number of rotatable bonds is 5. The van der Waals surface area contributed by atoms with Gasteiger partial charge in [0.15, 0.2) is 0 Å². The molecule has 0 amide bonds. The molecule has 0 N–H and O–H groups in total. The zero-order chi connectivity index (χ0) is 18.7. The number of carbonyl (C=O) groups is 1. The monoisotopic (exact) mass is 354 g/mol. The molecule has 0 spiro atoms. The van der Waals surface area contributed by atoms with Crippen molar-refractivity contribution >= 4 is 16.9 Å². The fourth-order valence-electron chi connectivity index (χ4n) is 2.63. The minimum absolute atomic E-state index is 0.106. The number of benzene rings is 2. The Morgan fingerprint density at radius 1 is 1.08 bits per heavy atom. The van der Waals surface area contributed by atoms with Gasteiger partial charge in [-0.15, -0.1) is 0 Å². The van der Waals surface area contributed by atoms with Gasteiger partial charge in [0.05, 0.1) is 37.4 Å². The molecule has 26 heavy (non-hydrogen) atoms. The highest BCUT2D eigenvalue weighted by Crippen LogP contribution is 2.25. The molecule has 0 radical (unpaired) electrons. The van der Waals surface area contributed by atoms with Gasteiger partial charge in [0.2, 0.25) is 5.82 Å². The van der Waals surface area contributed by atoms with Crippen LogP contribution < -0.4 is 15.0 Å². The maximum absolute atomic E-state index is 13.1. The van der Waals surface area contributed by atoms with Crippen LogP contribution >= 0.6 is 0 Å². The first-order chi connectivity index (χ1) is 12.6. The van der Waals surface area contributed by atoms with Crippen molar-refractivity contribution in [3.05, 3.63) is 58.6 Å². The highest BCUT2D eigenvalue weighted by Gasteiger charge is 2.20. The highest BCUT2D eigenvalue weighted by molar-refractivity contribution is 5.89. The van der Waals surface area contributed by atoms with Gasteiger partial charge in [0.1, 0.15) is 11.5 Å². The van der Waals surface area contributed by atoms with E-state index < -0.39 is 5.97 Å². The maximum atomic E-state index is 13.1. The molecule has 0 fully saturated rings. The smallest absolute Gasteiger partial charge is 0.375 e. The number of fused-ring (bicyclic) bond motifs is 1. The number of carbonyl (C=O) groups excluding carboxylic acids is 1. The van der Waals surface area contributed by atoms with Crippen molar-refractivity contribution in [2.75, 3.05) is 20.8 Å². The third-order valence-electron chi connectivity index (χ3n) is 3.83. The van der Waals surface area contributed by atoms with E-state index >= 15 is 0 Å². The molecule has 2 aromatic carbocycles. The Kier molecular flexibility index (Phi) is 4.88. The maximum Gasteiger partial charge on any atom is 0.375 e. The van der Waals surface area contributed by atoms with Crippen LogP contribution in [-0.2, 0) is 4.74 Å². The Bertz CT molecular complexity index is 1000. The summed E-state index contributed by atoms with van der Waals surface area (Å²) in [6.07, 6.45) is 0. The van der Waals surface area contributed by atoms with Crippen molar-refractivity contribution < 1.29 is 19.0 Å². The summed E-state index contributed by atoms with van der Waals surface area (Å²) in [4.78, 5) is 29.9. The summed E-state index contributed by atoms with van der Waals surface area (Å²) < 4.78 is 16.8. The van der Waals surface area contributed by atoms with E-state index in [-0.39, 0.29) is 18.0 Å². The molecule has 0 aliphatic rings. The first-order valence-corrected chi connectivity index (χ1v) is 8.01. The molecule has 7 heteroatoms. The summed E-state index contributed by atoms with van der Waals surface area (Å²) in [5.74, 6) is 0.173. The van der Waals surface area contributed by atoms with Crippen LogP contribution in [-0.4, -0.2) is 36.3 Å². The Balaban J connectivity index is 2.37. The Hall–Kier alpha value is -3.35. The zero-order valence-corrected chi connectivity index (χ0v) is 14.7. The van der Waals surface area contributed by atoms with Gasteiger partial charge in [-0.25, -0.2) is 9.78 Å². The van der Waals surface area contributed by atoms with Crippen molar-refractivity contribution in [2.24, 2.45) is 0 Å². The summed E-state index contributed by atoms with van der Waals surface area (Å²) in [5, 5.41) is 0.391. The van der Waals surface area contributed by atoms with Crippen LogP contribution in [0.2, 0.25) is 0 Å². The van der Waals surface area contributed by atoms with Crippen LogP contribution in [0.15, 0.2) is 47.3 Å². The van der Waals surface area contributed by atoms with Gasteiger partial charge in [0, 0.05) is 18.2 Å². The Morgan fingerprint density at radius 2 is 1.73 bits per heavy atom. The predicted molar refractivity (Wildman–Crippen MR) is 96.4 cm³/mol. The van der Waals surface area contributed by atoms with E-state index in [9.17, 15) is 9.59 Å². The molecular formula is C19H18N2O5. The molecule has 0 saturated heterocycles. The normalized spacial score (nSPS) is 10.6. The molecule has 0 aliphatic heterocycles. The standard InChI is InChI=1S/C19H18N2O5/c1-4-26-19(23)17-20-16-8-6-5-7-15(16)18(22)21(17)12-9-13(24-2)11-14(10-12)25-3/h5-11H,4H2,1-3H3. The van der Waals surface area contributed by atoms with Crippen LogP contribution in [0, 0.1) is 0 Å². The predicted octanol–water partition coefficient (Wildman–Crippen LogP) is 2.58. The average molecular weight is 354 g/mol. The van der Waals surface area contributed by atoms with Crippen LogP contribution in [0.3, 0.4) is 0 Å². The third-order valence-corrected chi connectivity index (χ3v) is 3.83. The van der Waals surface area contributed by atoms with E-state index in [1.54, 1.807) is 49.4 Å². The van der Waals surface area contributed by atoms with Gasteiger partial charge in [-0.1, -0.05) is 12.1 Å². The number of hydrogen-bond acceptors (Lipinski definition) is 6. The fraction of sp³-hybridized carbons (Fsp3) is 0.211. The molecule has 0 aliphatic carbocycles. The van der Waals surface area contributed by atoms with E-state index in [0.717, 1.165) is 0 Å². The minimum Gasteiger partial charge on any atom is -0.497 e. The van der Waals surface area contributed by atoms with Gasteiger partial charge in [-0.2, -0.15) is 0 Å². The lowest BCUT2D eigenvalue weighted by Gasteiger charge is -2.14. The lowest BCUT2D eigenvalue weighted by Crippen LogP contribution is -2.27. The topological polar surface area (TPSA) is 79.7 Å². The molecule has 7 nitrogen and oxygen atoms in total. The number of esters is 1. The summed E-state index contributed by atoms with van der Waals surface area (Å²) in [7, 11) is 3.01. The molecular weight excluding hydrogens is 336 g/mol. The Labute approximate surface area is 149 Å². The lowest BCUT2D eigenvalue weighted by molar-refractivity contribution is 0.0508. The number of aromatic nitrogens is 2. The quantitative estimate of drug-likeness (QED) is 0.655. The van der Waals surface area contributed by atoms with E-state index in [4.69, 9.17) is 14.2 Å². The van der Waals surface area contributed by atoms with Gasteiger partial charge >= 0.3 is 5.97 Å². The van der Waals surface area contributed by atoms with Gasteiger partial charge in [0.25, 0.3) is 5.56 Å². The lowest BCUT2D eigenvalue weighted by atomic mass is 10.2. The number of hydrogen-bond donors (Lipinski definition) is 0. The van der Waals surface area contributed by atoms with E-state index in [2.05, 4.69) is 4.98 Å². The molecule has 3 aromatic rings. The van der Waals surface area contributed by atoms with Crippen molar-refractivity contribution in [3.63, 3.8) is 0 Å². The summed E-state index contributed by atoms with van der Waals surface area (Å²) in [5.41, 5.74) is 0.438. The largest absolute Gasteiger partial charge is 0.497 e. The van der Waals surface area contributed by atoms with Crippen LogP contribution in [0.4, 0.5) is 0 Å². The molecule has 1 heterocycles. The summed E-state index contributed by atoms with van der Waals surface area (Å²) in [6.45, 7) is 1.86. The fourth-order valence-corrected chi connectivity index (χ4v) is 2.63. The van der Waals surface area contributed by atoms with Gasteiger partial charge < -0.3 is 14.2 Å². The number of methoxy groups -OCH3 is 2. The Morgan fingerprint density at radius 3 is 2.35 bits per heavy atom. The molecule has 0 saturated carbocycles. The minimum atomic E-state index is -0.683. The van der Waals surface area contributed by atoms with Gasteiger partial charge in [-0.05, 0) is 19.1 Å². The molecule has 0 bridgehead atoms. The number of para-hydroxylation sites is 1. The van der Waals surface area contributed by atoms with Gasteiger partial charge in [-0.3, -0.25) is 9.36 Å². The first-order valence-electron chi connectivity index (χ1n) is 8.01. The van der Waals surface area contributed by atoms with E-state index in [0.29, 0.717) is 28.1 Å². The second-order valence-corrected chi connectivity index (χ2v) is 5.38. The van der Waals surface area contributed by atoms with Crippen LogP contribution in [0.25, 0.3) is 16.6 Å². The second kappa shape index (κ2) is 7.26. The number of nitrogens with zero attached hydrogens (tertiary/aromatic N) is 2. The SMILES string of the molecule is CCOC(=O)c1nc2ccccc2c(=O)n1-c1cc(OC)cc(OC)c1. The summed E-state index contributed by atoms with van der Waals surface area (Å²) in [6, 6.07) is 11.8. The molecule has 134 valence electrons. The zero-order valence-electron chi connectivity index (χ0n) is 14.7. The van der Waals surface area contributed by atoms with E-state index in [1.165, 1.54) is 18.8 Å². The molecule has 0 atom stereocenters. The third kappa shape index (κ3) is 3.11. The highest BCUT2D eigenvalue weighted by atomic mass is 16.5. The average Bonchev–Trinajstić information content (AvgIpc) is 2.67. The van der Waals surface area contributed by atoms with E-state index in [1.807, 2.05) is 0 Å². The van der Waals surface area contributed by atoms with Crippen LogP contribution in [0.1, 0.15) is 17.5 Å². The summed E-state index contributed by atoms with van der Waals surface area (Å²) >= 11 is 0. The van der Waals surface area contributed by atoms with Crippen LogP contribution in [0.5, 0.6) is 11.5 Å².